The van der Waals surface area contributed by atoms with Gasteiger partial charge in [-0.15, -0.1) is 0 Å². The van der Waals surface area contributed by atoms with Crippen molar-refractivity contribution in [1.29, 1.82) is 0 Å². The molecule has 0 saturated carbocycles. The average molecular weight is 353 g/mol. The highest BCUT2D eigenvalue weighted by molar-refractivity contribution is 7.89. The first-order valence-corrected chi connectivity index (χ1v) is 10.2. The summed E-state index contributed by atoms with van der Waals surface area (Å²) in [7, 11) is -3.71. The molecule has 0 unspecified atom stereocenters. The third kappa shape index (κ3) is 4.57. The lowest BCUT2D eigenvalue weighted by atomic mass is 9.98. The predicted octanol–water partition coefficient (Wildman–Crippen LogP) is 2.70. The Labute approximate surface area is 145 Å². The molecular weight excluding hydrogens is 324 g/mol. The number of nitrogens with zero attached hydrogens (tertiary/aromatic N) is 1. The van der Waals surface area contributed by atoms with Crippen molar-refractivity contribution in [2.45, 2.75) is 57.4 Å². The molecule has 6 heteroatoms. The molecule has 134 valence electrons. The van der Waals surface area contributed by atoms with Gasteiger partial charge in [0.2, 0.25) is 15.9 Å². The van der Waals surface area contributed by atoms with E-state index >= 15 is 0 Å². The number of sulfonamides is 1. The summed E-state index contributed by atoms with van der Waals surface area (Å²) in [6, 6.07) is 5.98. The van der Waals surface area contributed by atoms with E-state index in [9.17, 15) is 13.2 Å². The molecule has 0 radical (unpaired) electrons. The number of hydrogen-bond acceptors (Lipinski definition) is 3. The van der Waals surface area contributed by atoms with E-state index in [4.69, 9.17) is 0 Å². The number of amides is 1. The molecule has 24 heavy (non-hydrogen) atoms. The Hall–Kier alpha value is -1.40. The van der Waals surface area contributed by atoms with Crippen molar-refractivity contribution in [3.05, 3.63) is 29.8 Å². The fourth-order valence-corrected chi connectivity index (χ4v) is 4.21. The van der Waals surface area contributed by atoms with Crippen LogP contribution in [-0.4, -0.2) is 38.4 Å². The van der Waals surface area contributed by atoms with Gasteiger partial charge in [-0.2, -0.15) is 4.72 Å². The predicted molar refractivity (Wildman–Crippen MR) is 95.2 cm³/mol. The Morgan fingerprint density at radius 1 is 1.17 bits per heavy atom. The minimum absolute atomic E-state index is 0.0559. The molecule has 0 bridgehead atoms. The molecule has 1 aromatic carbocycles. The van der Waals surface area contributed by atoms with Crippen LogP contribution in [0, 0.1) is 12.8 Å². The summed E-state index contributed by atoms with van der Waals surface area (Å²) in [6.45, 7) is 7.24. The number of nitrogens with one attached hydrogen (secondary N) is 1. The summed E-state index contributed by atoms with van der Waals surface area (Å²) in [6.07, 6.45) is 3.85. The van der Waals surface area contributed by atoms with Crippen molar-refractivity contribution in [3.8, 4) is 0 Å². The standard InChI is InChI=1S/C18H28N2O3S/c1-4-15(3)17(18(21)20-12-6-5-7-13-20)19-24(22,23)16-10-8-14(2)9-11-16/h8-11,15,17,19H,4-7,12-13H2,1-3H3/t15-,17+/m1/s1. The first-order chi connectivity index (χ1) is 11.3. The minimum atomic E-state index is -3.71. The lowest BCUT2D eigenvalue weighted by molar-refractivity contribution is -0.135. The summed E-state index contributed by atoms with van der Waals surface area (Å²) in [4.78, 5) is 14.9. The first kappa shape index (κ1) is 18.9. The summed E-state index contributed by atoms with van der Waals surface area (Å²) in [5.74, 6) is -0.153. The first-order valence-electron chi connectivity index (χ1n) is 8.73. The highest BCUT2D eigenvalue weighted by Gasteiger charge is 2.33. The van der Waals surface area contributed by atoms with E-state index in [1.165, 1.54) is 0 Å². The third-order valence-corrected chi connectivity index (χ3v) is 6.22. The van der Waals surface area contributed by atoms with Gasteiger partial charge < -0.3 is 4.90 Å². The zero-order valence-electron chi connectivity index (χ0n) is 14.8. The van der Waals surface area contributed by atoms with Crippen LogP contribution in [0.1, 0.15) is 45.1 Å². The van der Waals surface area contributed by atoms with Crippen molar-refractivity contribution in [3.63, 3.8) is 0 Å². The molecule has 1 fully saturated rings. The summed E-state index contributed by atoms with van der Waals surface area (Å²) in [5, 5.41) is 0. The molecule has 0 spiro atoms. The largest absolute Gasteiger partial charge is 0.341 e. The summed E-state index contributed by atoms with van der Waals surface area (Å²) in [5.41, 5.74) is 0.997. The zero-order chi connectivity index (χ0) is 17.7. The monoisotopic (exact) mass is 352 g/mol. The van der Waals surface area contributed by atoms with E-state index in [1.807, 2.05) is 20.8 Å². The van der Waals surface area contributed by atoms with E-state index in [1.54, 1.807) is 29.2 Å². The number of benzene rings is 1. The van der Waals surface area contributed by atoms with E-state index in [0.717, 1.165) is 44.3 Å². The Morgan fingerprint density at radius 2 is 1.75 bits per heavy atom. The van der Waals surface area contributed by atoms with E-state index in [2.05, 4.69) is 4.72 Å². The van der Waals surface area contributed by atoms with Crippen LogP contribution in [0.25, 0.3) is 0 Å². The van der Waals surface area contributed by atoms with E-state index in [0.29, 0.717) is 0 Å². The zero-order valence-corrected chi connectivity index (χ0v) is 15.6. The molecule has 1 aliphatic rings. The van der Waals surface area contributed by atoms with Crippen LogP contribution in [0.5, 0.6) is 0 Å². The maximum absolute atomic E-state index is 12.9. The molecule has 2 rings (SSSR count). The molecule has 0 aliphatic carbocycles. The van der Waals surface area contributed by atoms with Gasteiger partial charge >= 0.3 is 0 Å². The van der Waals surface area contributed by atoms with Crippen LogP contribution in [0.15, 0.2) is 29.2 Å². The van der Waals surface area contributed by atoms with Crippen molar-refractivity contribution in [2.24, 2.45) is 5.92 Å². The van der Waals surface area contributed by atoms with Crippen molar-refractivity contribution >= 4 is 15.9 Å². The fraction of sp³-hybridized carbons (Fsp3) is 0.611. The second-order valence-electron chi connectivity index (χ2n) is 6.68. The SMILES string of the molecule is CC[C@@H](C)[C@H](NS(=O)(=O)c1ccc(C)cc1)C(=O)N1CCCCC1. The Balaban J connectivity index is 2.21. The summed E-state index contributed by atoms with van der Waals surface area (Å²) >= 11 is 0. The van der Waals surface area contributed by atoms with Crippen LogP contribution in [-0.2, 0) is 14.8 Å². The van der Waals surface area contributed by atoms with E-state index < -0.39 is 16.1 Å². The van der Waals surface area contributed by atoms with Crippen molar-refractivity contribution in [2.75, 3.05) is 13.1 Å². The molecule has 5 nitrogen and oxygen atoms in total. The van der Waals surface area contributed by atoms with Gasteiger partial charge in [0, 0.05) is 13.1 Å². The highest BCUT2D eigenvalue weighted by Crippen LogP contribution is 2.18. The van der Waals surface area contributed by atoms with E-state index in [-0.39, 0.29) is 16.7 Å². The minimum Gasteiger partial charge on any atom is -0.341 e. The number of carbonyl (C=O) groups excluding carboxylic acids is 1. The summed E-state index contributed by atoms with van der Waals surface area (Å²) < 4.78 is 28.0. The van der Waals surface area contributed by atoms with Crippen LogP contribution in [0.3, 0.4) is 0 Å². The maximum atomic E-state index is 12.9. The third-order valence-electron chi connectivity index (χ3n) is 4.76. The molecule has 1 heterocycles. The number of aryl methyl sites for hydroxylation is 1. The smallest absolute Gasteiger partial charge is 0.241 e. The molecule has 1 saturated heterocycles. The van der Waals surface area contributed by atoms with Gasteiger partial charge in [-0.3, -0.25) is 4.79 Å². The van der Waals surface area contributed by atoms with Gasteiger partial charge in [0.25, 0.3) is 0 Å². The van der Waals surface area contributed by atoms with Crippen LogP contribution in [0.2, 0.25) is 0 Å². The molecule has 2 atom stereocenters. The van der Waals surface area contributed by atoms with Crippen LogP contribution >= 0.6 is 0 Å². The number of rotatable bonds is 6. The van der Waals surface area contributed by atoms with Crippen LogP contribution < -0.4 is 4.72 Å². The Bertz CT molecular complexity index is 649. The number of carbonyl (C=O) groups is 1. The van der Waals surface area contributed by atoms with Gasteiger partial charge in [-0.25, -0.2) is 8.42 Å². The van der Waals surface area contributed by atoms with Gasteiger partial charge in [0.05, 0.1) is 4.90 Å². The topological polar surface area (TPSA) is 66.5 Å². The van der Waals surface area contributed by atoms with Crippen molar-refractivity contribution < 1.29 is 13.2 Å². The highest BCUT2D eigenvalue weighted by atomic mass is 32.2. The average Bonchev–Trinajstić information content (AvgIpc) is 2.59. The normalized spacial score (nSPS) is 18.2. The lowest BCUT2D eigenvalue weighted by Crippen LogP contribution is -2.52. The van der Waals surface area contributed by atoms with Gasteiger partial charge in [0.15, 0.2) is 0 Å². The number of likely N-dealkylation sites (tertiary alicyclic amines) is 1. The maximum Gasteiger partial charge on any atom is 0.241 e. The number of hydrogen-bond donors (Lipinski definition) is 1. The molecular formula is C18H28N2O3S. The van der Waals surface area contributed by atoms with Gasteiger partial charge in [-0.1, -0.05) is 38.0 Å². The molecule has 0 aromatic heterocycles. The molecule has 1 N–H and O–H groups in total. The van der Waals surface area contributed by atoms with Gasteiger partial charge in [0.1, 0.15) is 6.04 Å². The Morgan fingerprint density at radius 3 is 2.29 bits per heavy atom. The van der Waals surface area contributed by atoms with Crippen molar-refractivity contribution in [1.82, 2.24) is 9.62 Å². The van der Waals surface area contributed by atoms with Crippen LogP contribution in [0.4, 0.5) is 0 Å². The molecule has 1 aliphatic heterocycles. The quantitative estimate of drug-likeness (QED) is 0.856. The number of piperidine rings is 1. The Kier molecular flexibility index (Phi) is 6.40. The second kappa shape index (κ2) is 8.12. The lowest BCUT2D eigenvalue weighted by Gasteiger charge is -2.32. The molecule has 1 amide bonds. The second-order valence-corrected chi connectivity index (χ2v) is 8.40. The fourth-order valence-electron chi connectivity index (χ4n) is 2.91. The molecule has 1 aromatic rings. The van der Waals surface area contributed by atoms with Gasteiger partial charge in [-0.05, 0) is 44.2 Å².